The van der Waals surface area contributed by atoms with Crippen molar-refractivity contribution in [1.29, 1.82) is 0 Å². The third-order valence-electron chi connectivity index (χ3n) is 1.02. The van der Waals surface area contributed by atoms with E-state index in [2.05, 4.69) is 11.9 Å². The van der Waals surface area contributed by atoms with Gasteiger partial charge in [-0.15, -0.1) is 0 Å². The Morgan fingerprint density at radius 2 is 1.91 bits per heavy atom. The van der Waals surface area contributed by atoms with Gasteiger partial charge in [-0.2, -0.15) is 0 Å². The summed E-state index contributed by atoms with van der Waals surface area (Å²) in [6, 6.07) is 0. The molecule has 1 N–H and O–H groups in total. The van der Waals surface area contributed by atoms with Crippen molar-refractivity contribution in [3.05, 3.63) is 24.4 Å². The fourth-order valence-electron chi connectivity index (χ4n) is 0.338. The molecule has 0 aromatic carbocycles. The summed E-state index contributed by atoms with van der Waals surface area (Å²) in [5.41, 5.74) is 0.704. The van der Waals surface area contributed by atoms with E-state index in [1.54, 1.807) is 13.0 Å². The van der Waals surface area contributed by atoms with Crippen LogP contribution < -0.4 is 5.32 Å². The lowest BCUT2D eigenvalue weighted by atomic mass is 10.3. The summed E-state index contributed by atoms with van der Waals surface area (Å²) in [4.78, 5) is 10.7. The predicted octanol–water partition coefficient (Wildman–Crippen LogP) is 2.24. The van der Waals surface area contributed by atoms with E-state index in [0.29, 0.717) is 5.57 Å². The molecule has 2 nitrogen and oxygen atoms in total. The third-order valence-corrected chi connectivity index (χ3v) is 1.02. The van der Waals surface area contributed by atoms with Gasteiger partial charge in [-0.3, -0.25) is 4.79 Å². The molecule has 0 aliphatic carbocycles. The average Bonchev–Trinajstić information content (AvgIpc) is 2.07. The smallest absolute Gasteiger partial charge is 0.250 e. The molecular formula is C9H17NO. The number of allylic oxidation sites excluding steroid dienone is 1. The van der Waals surface area contributed by atoms with Crippen LogP contribution in [0.25, 0.3) is 0 Å². The molecule has 0 spiro atoms. The molecule has 0 aliphatic heterocycles. The Hall–Kier alpha value is -1.05. The van der Waals surface area contributed by atoms with E-state index < -0.39 is 0 Å². The van der Waals surface area contributed by atoms with E-state index >= 15 is 0 Å². The molecule has 2 heteroatoms. The monoisotopic (exact) mass is 155 g/mol. The Labute approximate surface area is 69.0 Å². The Morgan fingerprint density at radius 1 is 1.45 bits per heavy atom. The lowest BCUT2D eigenvalue weighted by molar-refractivity contribution is -0.116. The summed E-state index contributed by atoms with van der Waals surface area (Å²) in [5, 5.41) is 2.45. The quantitative estimate of drug-likeness (QED) is 0.609. The van der Waals surface area contributed by atoms with Crippen LogP contribution in [0.15, 0.2) is 24.4 Å². The van der Waals surface area contributed by atoms with Gasteiger partial charge >= 0.3 is 0 Å². The molecule has 0 aromatic heterocycles. The third kappa shape index (κ3) is 6.84. The molecule has 0 atom stereocenters. The molecule has 1 amide bonds. The molecule has 0 aliphatic rings. The van der Waals surface area contributed by atoms with Crippen molar-refractivity contribution in [1.82, 2.24) is 5.32 Å². The fourth-order valence-corrected chi connectivity index (χ4v) is 0.338. The molecule has 0 fully saturated rings. The summed E-state index contributed by atoms with van der Waals surface area (Å²) in [6.07, 6.45) is 3.12. The SMILES string of the molecule is C=CNC(=O)/C(C)=C\C.CC. The van der Waals surface area contributed by atoms with Gasteiger partial charge in [0.2, 0.25) is 5.91 Å². The zero-order chi connectivity index (χ0) is 9.28. The van der Waals surface area contributed by atoms with Gasteiger partial charge in [0, 0.05) is 5.57 Å². The fraction of sp³-hybridized carbons (Fsp3) is 0.444. The van der Waals surface area contributed by atoms with Gasteiger partial charge < -0.3 is 5.32 Å². The topological polar surface area (TPSA) is 29.1 Å². The Balaban J connectivity index is 0. The molecule has 11 heavy (non-hydrogen) atoms. The molecule has 0 heterocycles. The lowest BCUT2D eigenvalue weighted by Crippen LogP contribution is -2.16. The second kappa shape index (κ2) is 8.95. The second-order valence-electron chi connectivity index (χ2n) is 1.65. The Bertz CT molecular complexity index is 148. The van der Waals surface area contributed by atoms with E-state index in [-0.39, 0.29) is 5.91 Å². The first-order valence-corrected chi connectivity index (χ1v) is 3.77. The van der Waals surface area contributed by atoms with Crippen molar-refractivity contribution in [3.8, 4) is 0 Å². The van der Waals surface area contributed by atoms with Crippen LogP contribution in [0.5, 0.6) is 0 Å². The number of carbonyl (C=O) groups excluding carboxylic acids is 1. The number of hydrogen-bond donors (Lipinski definition) is 1. The molecule has 64 valence electrons. The minimum atomic E-state index is -0.0903. The molecule has 0 saturated heterocycles. The maximum atomic E-state index is 10.7. The summed E-state index contributed by atoms with van der Waals surface area (Å²) in [6.45, 7) is 10.9. The molecule has 0 radical (unpaired) electrons. The first-order valence-electron chi connectivity index (χ1n) is 3.77. The van der Waals surface area contributed by atoms with Crippen molar-refractivity contribution >= 4 is 5.91 Å². The highest BCUT2D eigenvalue weighted by Crippen LogP contribution is 1.89. The van der Waals surface area contributed by atoms with Crippen LogP contribution in [0.3, 0.4) is 0 Å². The van der Waals surface area contributed by atoms with Crippen LogP contribution in [0, 0.1) is 0 Å². The van der Waals surface area contributed by atoms with Gasteiger partial charge in [0.05, 0.1) is 0 Å². The number of amides is 1. The first-order chi connectivity index (χ1) is 5.22. The molecular weight excluding hydrogens is 138 g/mol. The molecule has 0 bridgehead atoms. The van der Waals surface area contributed by atoms with Crippen molar-refractivity contribution in [3.63, 3.8) is 0 Å². The average molecular weight is 155 g/mol. The highest BCUT2D eigenvalue weighted by Gasteiger charge is 1.96. The normalized spacial score (nSPS) is 9.27. The molecule has 0 aromatic rings. The second-order valence-corrected chi connectivity index (χ2v) is 1.65. The van der Waals surface area contributed by atoms with Crippen LogP contribution >= 0.6 is 0 Å². The van der Waals surface area contributed by atoms with Crippen LogP contribution in [0.2, 0.25) is 0 Å². The summed E-state index contributed by atoms with van der Waals surface area (Å²) in [7, 11) is 0. The van der Waals surface area contributed by atoms with E-state index in [0.717, 1.165) is 0 Å². The van der Waals surface area contributed by atoms with E-state index in [1.165, 1.54) is 6.20 Å². The molecule has 0 unspecified atom stereocenters. The standard InChI is InChI=1S/C7H11NO.C2H6/c1-4-6(3)7(9)8-5-2;1-2/h4-5H,2H2,1,3H3,(H,8,9);1-2H3/b6-4-;. The highest BCUT2D eigenvalue weighted by atomic mass is 16.1. The molecule has 0 saturated carbocycles. The van der Waals surface area contributed by atoms with Crippen LogP contribution in [0.4, 0.5) is 0 Å². The predicted molar refractivity (Wildman–Crippen MR) is 49.1 cm³/mol. The number of nitrogens with one attached hydrogen (secondary N) is 1. The Kier molecular flexibility index (Phi) is 10.3. The summed E-state index contributed by atoms with van der Waals surface area (Å²) >= 11 is 0. The van der Waals surface area contributed by atoms with Crippen molar-refractivity contribution in [2.24, 2.45) is 0 Å². The van der Waals surface area contributed by atoms with Gasteiger partial charge in [0.25, 0.3) is 0 Å². The van der Waals surface area contributed by atoms with Crippen LogP contribution in [0.1, 0.15) is 27.7 Å². The van der Waals surface area contributed by atoms with Crippen molar-refractivity contribution in [2.75, 3.05) is 0 Å². The number of rotatable bonds is 2. The largest absolute Gasteiger partial charge is 0.329 e. The number of hydrogen-bond acceptors (Lipinski definition) is 1. The lowest BCUT2D eigenvalue weighted by Gasteiger charge is -1.95. The summed E-state index contributed by atoms with van der Waals surface area (Å²) < 4.78 is 0. The van der Waals surface area contributed by atoms with Crippen molar-refractivity contribution < 1.29 is 4.79 Å². The van der Waals surface area contributed by atoms with Gasteiger partial charge in [-0.25, -0.2) is 0 Å². The zero-order valence-corrected chi connectivity index (χ0v) is 7.77. The van der Waals surface area contributed by atoms with E-state index in [4.69, 9.17) is 0 Å². The maximum Gasteiger partial charge on any atom is 0.250 e. The van der Waals surface area contributed by atoms with Crippen LogP contribution in [-0.4, -0.2) is 5.91 Å². The van der Waals surface area contributed by atoms with Gasteiger partial charge in [-0.05, 0) is 20.0 Å². The van der Waals surface area contributed by atoms with Gasteiger partial charge in [0.1, 0.15) is 0 Å². The highest BCUT2D eigenvalue weighted by molar-refractivity contribution is 5.93. The van der Waals surface area contributed by atoms with Gasteiger partial charge in [0.15, 0.2) is 0 Å². The summed E-state index contributed by atoms with van der Waals surface area (Å²) in [5.74, 6) is -0.0903. The van der Waals surface area contributed by atoms with Crippen molar-refractivity contribution in [2.45, 2.75) is 27.7 Å². The van der Waals surface area contributed by atoms with Crippen LogP contribution in [-0.2, 0) is 4.79 Å². The van der Waals surface area contributed by atoms with E-state index in [1.807, 2.05) is 20.8 Å². The zero-order valence-electron chi connectivity index (χ0n) is 7.77. The minimum absolute atomic E-state index is 0.0903. The minimum Gasteiger partial charge on any atom is -0.329 e. The number of carbonyl (C=O) groups is 1. The maximum absolute atomic E-state index is 10.7. The van der Waals surface area contributed by atoms with Gasteiger partial charge in [-0.1, -0.05) is 26.5 Å². The molecule has 0 rings (SSSR count). The van der Waals surface area contributed by atoms with E-state index in [9.17, 15) is 4.79 Å². The Morgan fingerprint density at radius 3 is 2.18 bits per heavy atom. The first kappa shape index (κ1) is 12.6.